The van der Waals surface area contributed by atoms with E-state index in [0.717, 1.165) is 30.4 Å². The molecule has 9 heteroatoms. The molecule has 2 nitrogen and oxygen atoms in total. The molecule has 6 aromatic rings. The summed E-state index contributed by atoms with van der Waals surface area (Å²) in [5.74, 6) is -0.921. The van der Waals surface area contributed by atoms with Gasteiger partial charge < -0.3 is 10.2 Å². The lowest BCUT2D eigenvalue weighted by molar-refractivity contribution is -0.288. The second-order valence-corrected chi connectivity index (χ2v) is 14.8. The van der Waals surface area contributed by atoms with Crippen molar-refractivity contribution in [3.05, 3.63) is 187 Å². The van der Waals surface area contributed by atoms with Gasteiger partial charge >= 0.3 is 12.4 Å². The van der Waals surface area contributed by atoms with Gasteiger partial charge in [-0.1, -0.05) is 109 Å². The summed E-state index contributed by atoms with van der Waals surface area (Å²) in [5.41, 5.74) is -5.05. The van der Waals surface area contributed by atoms with E-state index in [2.05, 4.69) is 121 Å². The minimum atomic E-state index is -5.70. The van der Waals surface area contributed by atoms with E-state index >= 15 is 0 Å². The second-order valence-electron chi connectivity index (χ2n) is 11.3. The van der Waals surface area contributed by atoms with Crippen LogP contribution in [0.2, 0.25) is 0 Å². The van der Waals surface area contributed by atoms with Gasteiger partial charge in [-0.25, -0.2) is 0 Å². The quantitative estimate of drug-likeness (QED) is 0.130. The smallest absolute Gasteiger partial charge is 0.411 e. The van der Waals surface area contributed by atoms with Crippen LogP contribution in [0.1, 0.15) is 16.7 Å². The Morgan fingerprint density at radius 3 is 0.959 bits per heavy atom. The van der Waals surface area contributed by atoms with Crippen molar-refractivity contribution in [2.24, 2.45) is 0 Å². The van der Waals surface area contributed by atoms with Gasteiger partial charge in [-0.05, 0) is 77.4 Å². The Hall–Kier alpha value is -5.07. The van der Waals surface area contributed by atoms with Gasteiger partial charge in [0, 0.05) is 0 Å². The molecule has 0 fully saturated rings. The molecule has 0 radical (unpaired) electrons. The summed E-state index contributed by atoms with van der Waals surface area (Å²) in [4.78, 5) is 0. The molecule has 6 aromatic carbocycles. The lowest BCUT2D eigenvalue weighted by atomic mass is 9.73. The number of hydrogen-bond donors (Lipinski definition) is 2. The highest BCUT2D eigenvalue weighted by molar-refractivity contribution is 7.95. The fourth-order valence-electron chi connectivity index (χ4n) is 6.03. The van der Waals surface area contributed by atoms with Crippen molar-refractivity contribution >= 4 is 23.2 Å². The van der Waals surface area contributed by atoms with E-state index < -0.39 is 47.7 Å². The highest BCUT2D eigenvalue weighted by atomic mass is 31.2. The Morgan fingerprint density at radius 2 is 0.673 bits per heavy atom. The third kappa shape index (κ3) is 7.20. The maximum absolute atomic E-state index is 13.6. The lowest BCUT2D eigenvalue weighted by Gasteiger charge is -2.38. The van der Waals surface area contributed by atoms with Crippen LogP contribution < -0.4 is 15.9 Å². The molecule has 0 aliphatic rings. The molecule has 0 spiro atoms. The van der Waals surface area contributed by atoms with E-state index in [1.54, 1.807) is 0 Å². The molecule has 0 atom stereocenters. The van der Waals surface area contributed by atoms with E-state index in [4.69, 9.17) is 10.2 Å². The first-order valence-corrected chi connectivity index (χ1v) is 17.2. The number of hydrogen-bond acceptors (Lipinski definition) is 2. The average molecular weight is 690 g/mol. The molecule has 0 saturated heterocycles. The van der Waals surface area contributed by atoms with Gasteiger partial charge in [0.05, 0.1) is 6.16 Å². The van der Waals surface area contributed by atoms with Crippen LogP contribution in [0.25, 0.3) is 0 Å². The first-order chi connectivity index (χ1) is 23.4. The van der Waals surface area contributed by atoms with Gasteiger partial charge in [0.2, 0.25) is 5.41 Å². The molecule has 0 bridgehead atoms. The number of aromatic hydroxyl groups is 2. The minimum absolute atomic E-state index is 0.460. The molecule has 0 aliphatic carbocycles. The molecule has 0 heterocycles. The van der Waals surface area contributed by atoms with Crippen molar-refractivity contribution in [2.75, 3.05) is 0 Å². The molecule has 6 rings (SSSR count). The molecule has 0 aliphatic heterocycles. The lowest BCUT2D eigenvalue weighted by Crippen LogP contribution is -2.54. The van der Waals surface area contributed by atoms with Gasteiger partial charge in [-0.2, -0.15) is 26.3 Å². The molecular formula is C40H32F6O2P+. The third-order valence-corrected chi connectivity index (χ3v) is 12.7. The van der Waals surface area contributed by atoms with Crippen molar-refractivity contribution in [1.29, 1.82) is 0 Å². The van der Waals surface area contributed by atoms with Gasteiger partial charge in [-0.3, -0.25) is 0 Å². The molecule has 0 aromatic heterocycles. The fourth-order valence-corrected chi connectivity index (χ4v) is 10.3. The van der Waals surface area contributed by atoms with E-state index in [1.807, 2.05) is 0 Å². The van der Waals surface area contributed by atoms with E-state index in [0.29, 0.717) is 24.3 Å². The zero-order valence-electron chi connectivity index (χ0n) is 26.0. The molecule has 0 saturated carbocycles. The summed E-state index contributed by atoms with van der Waals surface area (Å²) in [6, 6.07) is 49.3. The zero-order chi connectivity index (χ0) is 35.1. The van der Waals surface area contributed by atoms with Crippen molar-refractivity contribution in [1.82, 2.24) is 0 Å². The largest absolute Gasteiger partial charge is 0.508 e. The molecule has 49 heavy (non-hydrogen) atoms. The first kappa shape index (κ1) is 35.2. The third-order valence-electron chi connectivity index (χ3n) is 8.30. The Labute approximate surface area is 281 Å². The zero-order valence-corrected chi connectivity index (χ0v) is 26.9. The summed E-state index contributed by atoms with van der Waals surface area (Å²) < 4.78 is 81.6. The van der Waals surface area contributed by atoms with Crippen LogP contribution in [0.3, 0.4) is 0 Å². The Balaban J connectivity index is 0.000000193. The summed E-state index contributed by atoms with van der Waals surface area (Å²) >= 11 is 0. The number of alkyl halides is 6. The van der Waals surface area contributed by atoms with Crippen LogP contribution in [0.4, 0.5) is 26.3 Å². The Kier molecular flexibility index (Phi) is 10.5. The highest BCUT2D eigenvalue weighted by Crippen LogP contribution is 2.58. The fraction of sp³-hybridized carbons (Fsp3) is 0.100. The highest BCUT2D eigenvalue weighted by Gasteiger charge is 2.72. The van der Waals surface area contributed by atoms with E-state index in [1.165, 1.54) is 21.5 Å². The normalized spacial score (nSPS) is 12.1. The van der Waals surface area contributed by atoms with Crippen LogP contribution in [0, 0.1) is 0 Å². The molecule has 0 amide bonds. The maximum Gasteiger partial charge on any atom is 0.411 e. The second kappa shape index (κ2) is 14.6. The molecule has 250 valence electrons. The van der Waals surface area contributed by atoms with E-state index in [-0.39, 0.29) is 0 Å². The maximum atomic E-state index is 13.6. The standard InChI is InChI=1S/C25H22P.C15H10F6O2/c1-5-13-22(14-6-1)21-26(23-15-7-2-8-16-23,24-17-9-3-10-18-24)25-19-11-4-12-20-25;16-14(17,18)13(15(19,20)21,9-1-5-11(22)6-2-9)10-3-7-12(23)8-4-10/h1-20H,21H2;1-8,22-23H/q+1;. The number of benzene rings is 6. The van der Waals surface area contributed by atoms with Crippen LogP contribution in [0.15, 0.2) is 170 Å². The van der Waals surface area contributed by atoms with Gasteiger partial charge in [0.15, 0.2) is 0 Å². The van der Waals surface area contributed by atoms with Gasteiger partial charge in [-0.15, -0.1) is 0 Å². The van der Waals surface area contributed by atoms with Gasteiger partial charge in [0.25, 0.3) is 0 Å². The topological polar surface area (TPSA) is 40.5 Å². The Bertz CT molecular complexity index is 1740. The van der Waals surface area contributed by atoms with Gasteiger partial charge in [0.1, 0.15) is 34.7 Å². The van der Waals surface area contributed by atoms with Crippen molar-refractivity contribution in [3.63, 3.8) is 0 Å². The summed E-state index contributed by atoms with van der Waals surface area (Å²) in [5, 5.41) is 22.6. The molecular weight excluding hydrogens is 657 g/mol. The van der Waals surface area contributed by atoms with Crippen molar-refractivity contribution in [3.8, 4) is 11.5 Å². The number of halogens is 6. The van der Waals surface area contributed by atoms with Crippen molar-refractivity contribution in [2.45, 2.75) is 23.9 Å². The molecule has 0 unspecified atom stereocenters. The van der Waals surface area contributed by atoms with Crippen LogP contribution in [0.5, 0.6) is 11.5 Å². The van der Waals surface area contributed by atoms with Crippen LogP contribution in [-0.4, -0.2) is 22.6 Å². The van der Waals surface area contributed by atoms with E-state index in [9.17, 15) is 26.3 Å². The monoisotopic (exact) mass is 689 g/mol. The number of phenolic OH excluding ortho intramolecular Hbond substituents is 2. The predicted octanol–water partition coefficient (Wildman–Crippen LogP) is 9.69. The molecule has 2 N–H and O–H groups in total. The first-order valence-electron chi connectivity index (χ1n) is 15.2. The predicted molar refractivity (Wildman–Crippen MR) is 184 cm³/mol. The van der Waals surface area contributed by atoms with Crippen LogP contribution in [-0.2, 0) is 11.6 Å². The van der Waals surface area contributed by atoms with Crippen LogP contribution >= 0.6 is 7.26 Å². The summed E-state index contributed by atoms with van der Waals surface area (Å²) in [7, 11) is -1.78. The summed E-state index contributed by atoms with van der Waals surface area (Å²) in [6.07, 6.45) is -10.4. The SMILES string of the molecule is Oc1ccc(C(c2ccc(O)cc2)(C(F)(F)F)C(F)(F)F)cc1.c1ccc(C[P+](c2ccccc2)(c2ccccc2)c2ccccc2)cc1. The number of rotatable bonds is 7. The number of phenols is 2. The van der Waals surface area contributed by atoms with Crippen molar-refractivity contribution < 1.29 is 36.6 Å². The Morgan fingerprint density at radius 1 is 0.388 bits per heavy atom. The average Bonchev–Trinajstić information content (AvgIpc) is 3.10. The summed E-state index contributed by atoms with van der Waals surface area (Å²) in [6.45, 7) is 0. The minimum Gasteiger partial charge on any atom is -0.508 e.